The van der Waals surface area contributed by atoms with Crippen LogP contribution in [0.1, 0.15) is 16.1 Å². The molecule has 0 bridgehead atoms. The largest absolute Gasteiger partial charge is 0.471 e. The number of anilines is 1. The fraction of sp³-hybridized carbons (Fsp3) is 0.118. The minimum atomic E-state index is -0.320. The molecule has 2 aromatic heterocycles. The molecule has 2 heterocycles. The summed E-state index contributed by atoms with van der Waals surface area (Å²) in [6, 6.07) is 12.9. The summed E-state index contributed by atoms with van der Waals surface area (Å²) in [7, 11) is 0. The number of aromatic nitrogens is 3. The van der Waals surface area contributed by atoms with Gasteiger partial charge in [-0.25, -0.2) is 9.67 Å². The van der Waals surface area contributed by atoms with Crippen molar-refractivity contribution < 1.29 is 9.53 Å². The lowest BCUT2D eigenvalue weighted by molar-refractivity contribution is 0.102. The van der Waals surface area contributed by atoms with Gasteiger partial charge in [0, 0.05) is 16.9 Å². The number of rotatable bonds is 5. The zero-order chi connectivity index (χ0) is 16.9. The van der Waals surface area contributed by atoms with Crippen molar-refractivity contribution in [2.24, 2.45) is 0 Å². The highest BCUT2D eigenvalue weighted by Crippen LogP contribution is 2.16. The standard InChI is InChI=1S/C17H15BrN4O2/c1-12-4-2-3-5-15(12)24-11-22-9-8-14(21-22)17(23)20-16-7-6-13(18)10-19-16/h2-10H,11H2,1H3,(H,19,20,23). The van der Waals surface area contributed by atoms with Crippen LogP contribution in [0.5, 0.6) is 5.75 Å². The molecule has 0 saturated heterocycles. The molecule has 3 rings (SSSR count). The average molecular weight is 387 g/mol. The monoisotopic (exact) mass is 386 g/mol. The highest BCUT2D eigenvalue weighted by atomic mass is 79.9. The molecule has 1 aromatic carbocycles. The average Bonchev–Trinajstić information content (AvgIpc) is 3.05. The minimum Gasteiger partial charge on any atom is -0.471 e. The van der Waals surface area contributed by atoms with E-state index >= 15 is 0 Å². The van der Waals surface area contributed by atoms with Crippen molar-refractivity contribution in [3.63, 3.8) is 0 Å². The molecule has 0 aliphatic heterocycles. The number of amides is 1. The summed E-state index contributed by atoms with van der Waals surface area (Å²) in [4.78, 5) is 16.3. The van der Waals surface area contributed by atoms with Crippen molar-refractivity contribution in [1.29, 1.82) is 0 Å². The topological polar surface area (TPSA) is 69.0 Å². The maximum atomic E-state index is 12.2. The third kappa shape index (κ3) is 3.99. The number of ether oxygens (including phenoxy) is 1. The fourth-order valence-corrected chi connectivity index (χ4v) is 2.27. The predicted molar refractivity (Wildman–Crippen MR) is 93.9 cm³/mol. The van der Waals surface area contributed by atoms with E-state index < -0.39 is 0 Å². The van der Waals surface area contributed by atoms with Crippen LogP contribution in [0.3, 0.4) is 0 Å². The minimum absolute atomic E-state index is 0.231. The second-order valence-corrected chi connectivity index (χ2v) is 6.01. The summed E-state index contributed by atoms with van der Waals surface area (Å²) in [5.41, 5.74) is 1.34. The first-order chi connectivity index (χ1) is 11.6. The Morgan fingerprint density at radius 3 is 2.83 bits per heavy atom. The molecule has 6 nitrogen and oxygen atoms in total. The number of pyridine rings is 1. The highest BCUT2D eigenvalue weighted by Gasteiger charge is 2.10. The van der Waals surface area contributed by atoms with Crippen molar-refractivity contribution in [1.82, 2.24) is 14.8 Å². The lowest BCUT2D eigenvalue weighted by Crippen LogP contribution is -2.15. The first-order valence-electron chi connectivity index (χ1n) is 7.26. The van der Waals surface area contributed by atoms with E-state index in [4.69, 9.17) is 4.74 Å². The van der Waals surface area contributed by atoms with Gasteiger partial charge in [0.05, 0.1) is 0 Å². The van der Waals surface area contributed by atoms with Gasteiger partial charge >= 0.3 is 0 Å². The number of nitrogens with one attached hydrogen (secondary N) is 1. The molecule has 7 heteroatoms. The smallest absolute Gasteiger partial charge is 0.277 e. The quantitative estimate of drug-likeness (QED) is 0.726. The molecule has 24 heavy (non-hydrogen) atoms. The SMILES string of the molecule is Cc1ccccc1OCn1ccc(C(=O)Nc2ccc(Br)cn2)n1. The third-order valence-corrected chi connectivity index (χ3v) is 3.76. The van der Waals surface area contributed by atoms with Gasteiger partial charge in [-0.15, -0.1) is 0 Å². The predicted octanol–water partition coefficient (Wildman–Crippen LogP) is 3.64. The zero-order valence-electron chi connectivity index (χ0n) is 12.9. The van der Waals surface area contributed by atoms with Crippen molar-refractivity contribution in [2.75, 3.05) is 5.32 Å². The summed E-state index contributed by atoms with van der Waals surface area (Å²) < 4.78 is 8.11. The van der Waals surface area contributed by atoms with Crippen molar-refractivity contribution in [3.8, 4) is 5.75 Å². The summed E-state index contributed by atoms with van der Waals surface area (Å²) in [6.45, 7) is 2.21. The Kier molecular flexibility index (Phi) is 4.90. The number of halogens is 1. The van der Waals surface area contributed by atoms with Crippen LogP contribution in [0.2, 0.25) is 0 Å². The van der Waals surface area contributed by atoms with E-state index in [1.54, 1.807) is 35.3 Å². The second-order valence-electron chi connectivity index (χ2n) is 5.10. The van der Waals surface area contributed by atoms with Gasteiger partial charge in [0.25, 0.3) is 5.91 Å². The first-order valence-corrected chi connectivity index (χ1v) is 8.06. The van der Waals surface area contributed by atoms with Crippen molar-refractivity contribution >= 4 is 27.7 Å². The van der Waals surface area contributed by atoms with E-state index in [1.807, 2.05) is 31.2 Å². The molecular formula is C17H15BrN4O2. The van der Waals surface area contributed by atoms with E-state index in [1.165, 1.54) is 0 Å². The Morgan fingerprint density at radius 1 is 1.25 bits per heavy atom. The van der Waals surface area contributed by atoms with Crippen LogP contribution < -0.4 is 10.1 Å². The van der Waals surface area contributed by atoms with E-state index in [2.05, 4.69) is 31.3 Å². The third-order valence-electron chi connectivity index (χ3n) is 3.29. The van der Waals surface area contributed by atoms with Gasteiger partial charge in [0.2, 0.25) is 0 Å². The second kappa shape index (κ2) is 7.27. The van der Waals surface area contributed by atoms with Crippen molar-refractivity contribution in [3.05, 3.63) is 70.6 Å². The number of aryl methyl sites for hydroxylation is 1. The Morgan fingerprint density at radius 2 is 2.08 bits per heavy atom. The normalized spacial score (nSPS) is 10.4. The molecule has 0 fully saturated rings. The number of nitrogens with zero attached hydrogens (tertiary/aromatic N) is 3. The zero-order valence-corrected chi connectivity index (χ0v) is 14.5. The van der Waals surface area contributed by atoms with Crippen LogP contribution >= 0.6 is 15.9 Å². The molecule has 0 spiro atoms. The van der Waals surface area contributed by atoms with Gasteiger partial charge in [0.15, 0.2) is 12.4 Å². The molecule has 3 aromatic rings. The maximum absolute atomic E-state index is 12.2. The number of carbonyl (C=O) groups is 1. The summed E-state index contributed by atoms with van der Waals surface area (Å²) >= 11 is 3.30. The number of hydrogen-bond donors (Lipinski definition) is 1. The van der Waals surface area contributed by atoms with Crippen LogP contribution in [0.25, 0.3) is 0 Å². The van der Waals surface area contributed by atoms with Crippen LogP contribution in [-0.2, 0) is 6.73 Å². The molecule has 0 unspecified atom stereocenters. The van der Waals surface area contributed by atoms with Gasteiger partial charge in [0.1, 0.15) is 11.6 Å². The van der Waals surface area contributed by atoms with Crippen molar-refractivity contribution in [2.45, 2.75) is 13.7 Å². The number of benzene rings is 1. The van der Waals surface area contributed by atoms with Gasteiger partial charge < -0.3 is 10.1 Å². The van der Waals surface area contributed by atoms with Crippen LogP contribution in [-0.4, -0.2) is 20.7 Å². The fourth-order valence-electron chi connectivity index (χ4n) is 2.04. The van der Waals surface area contributed by atoms with Gasteiger partial charge in [-0.05, 0) is 52.7 Å². The van der Waals surface area contributed by atoms with Crippen LogP contribution in [0.15, 0.2) is 59.3 Å². The van der Waals surface area contributed by atoms with E-state index in [-0.39, 0.29) is 12.6 Å². The van der Waals surface area contributed by atoms with E-state index in [0.29, 0.717) is 11.5 Å². The van der Waals surface area contributed by atoms with E-state index in [9.17, 15) is 4.79 Å². The van der Waals surface area contributed by atoms with Gasteiger partial charge in [-0.1, -0.05) is 18.2 Å². The Bertz CT molecular complexity index is 846. The van der Waals surface area contributed by atoms with Crippen LogP contribution in [0.4, 0.5) is 5.82 Å². The van der Waals surface area contributed by atoms with E-state index in [0.717, 1.165) is 15.8 Å². The molecule has 0 radical (unpaired) electrons. The Balaban J connectivity index is 1.61. The molecule has 0 aliphatic carbocycles. The molecule has 122 valence electrons. The maximum Gasteiger partial charge on any atom is 0.277 e. The molecular weight excluding hydrogens is 372 g/mol. The van der Waals surface area contributed by atoms with Crippen LogP contribution in [0, 0.1) is 6.92 Å². The lowest BCUT2D eigenvalue weighted by Gasteiger charge is -2.08. The number of hydrogen-bond acceptors (Lipinski definition) is 4. The Hall–Kier alpha value is -2.67. The molecule has 0 atom stereocenters. The number of carbonyl (C=O) groups excluding carboxylic acids is 1. The summed E-state index contributed by atoms with van der Waals surface area (Å²) in [6.07, 6.45) is 3.31. The molecule has 1 amide bonds. The Labute approximate surface area is 147 Å². The highest BCUT2D eigenvalue weighted by molar-refractivity contribution is 9.10. The summed E-state index contributed by atoms with van der Waals surface area (Å²) in [5, 5.41) is 6.91. The number of para-hydroxylation sites is 1. The molecule has 0 aliphatic rings. The molecule has 1 N–H and O–H groups in total. The molecule has 0 saturated carbocycles. The van der Waals surface area contributed by atoms with Gasteiger partial charge in [-0.3, -0.25) is 4.79 Å². The van der Waals surface area contributed by atoms with Gasteiger partial charge in [-0.2, -0.15) is 5.10 Å². The summed E-state index contributed by atoms with van der Waals surface area (Å²) in [5.74, 6) is 0.937. The lowest BCUT2D eigenvalue weighted by atomic mass is 10.2. The first kappa shape index (κ1) is 16.2.